The average Bonchev–Trinajstić information content (AvgIpc) is 2.40. The van der Waals surface area contributed by atoms with Crippen LogP contribution in [0.3, 0.4) is 0 Å². The summed E-state index contributed by atoms with van der Waals surface area (Å²) in [7, 11) is -0.254. The molecule has 0 aromatic carbocycles. The second-order valence-corrected chi connectivity index (χ2v) is 6.53. The van der Waals surface area contributed by atoms with E-state index in [1.54, 1.807) is 18.5 Å². The van der Waals surface area contributed by atoms with Crippen molar-refractivity contribution in [2.24, 2.45) is 5.73 Å². The number of rotatable bonds is 11. The minimum absolute atomic E-state index is 0.0143. The first-order valence-corrected chi connectivity index (χ1v) is 8.27. The van der Waals surface area contributed by atoms with Gasteiger partial charge in [-0.15, -0.1) is 0 Å². The largest absolute Gasteiger partial charge is 0.383 e. The standard InChI is InChI=1S/C12H29N3O3S/c1-5-12(6-2)15(10-11-18-4)19(16,17)14(3)9-7-8-13/h12H,5-11,13H2,1-4H3. The lowest BCUT2D eigenvalue weighted by atomic mass is 10.2. The van der Waals surface area contributed by atoms with Crippen molar-refractivity contribution in [3.63, 3.8) is 0 Å². The van der Waals surface area contributed by atoms with Crippen molar-refractivity contribution in [2.45, 2.75) is 39.2 Å². The number of hydrogen-bond acceptors (Lipinski definition) is 4. The first-order chi connectivity index (χ1) is 8.95. The Kier molecular flexibility index (Phi) is 9.55. The van der Waals surface area contributed by atoms with E-state index in [4.69, 9.17) is 10.5 Å². The number of nitrogens with two attached hydrogens (primary N) is 1. The van der Waals surface area contributed by atoms with Crippen LogP contribution < -0.4 is 5.73 Å². The Morgan fingerprint density at radius 3 is 2.21 bits per heavy atom. The van der Waals surface area contributed by atoms with Gasteiger partial charge in [-0.2, -0.15) is 17.0 Å². The maximum absolute atomic E-state index is 12.6. The predicted molar refractivity (Wildman–Crippen MR) is 78.2 cm³/mol. The van der Waals surface area contributed by atoms with E-state index in [2.05, 4.69) is 0 Å². The van der Waals surface area contributed by atoms with Crippen LogP contribution in [0.2, 0.25) is 0 Å². The maximum atomic E-state index is 12.6. The Hall–Kier alpha value is -0.210. The van der Waals surface area contributed by atoms with Crippen molar-refractivity contribution in [1.29, 1.82) is 0 Å². The van der Waals surface area contributed by atoms with Gasteiger partial charge in [-0.25, -0.2) is 0 Å². The lowest BCUT2D eigenvalue weighted by molar-refractivity contribution is 0.159. The summed E-state index contributed by atoms with van der Waals surface area (Å²) in [4.78, 5) is 0. The van der Waals surface area contributed by atoms with Gasteiger partial charge >= 0.3 is 0 Å². The molecule has 19 heavy (non-hydrogen) atoms. The summed E-state index contributed by atoms with van der Waals surface area (Å²) in [6.45, 7) is 5.73. The van der Waals surface area contributed by atoms with E-state index < -0.39 is 10.2 Å². The summed E-state index contributed by atoms with van der Waals surface area (Å²) < 4.78 is 33.1. The summed E-state index contributed by atoms with van der Waals surface area (Å²) in [6, 6.07) is 0.0143. The van der Waals surface area contributed by atoms with E-state index >= 15 is 0 Å². The molecule has 0 aliphatic carbocycles. The second-order valence-electron chi connectivity index (χ2n) is 4.55. The fraction of sp³-hybridized carbons (Fsp3) is 1.00. The summed E-state index contributed by atoms with van der Waals surface area (Å²) in [5.74, 6) is 0. The van der Waals surface area contributed by atoms with Gasteiger partial charge < -0.3 is 10.5 Å². The molecular weight excluding hydrogens is 266 g/mol. The van der Waals surface area contributed by atoms with Crippen LogP contribution in [0.1, 0.15) is 33.1 Å². The highest BCUT2D eigenvalue weighted by atomic mass is 32.2. The Labute approximate surface area is 118 Å². The highest BCUT2D eigenvalue weighted by Crippen LogP contribution is 2.16. The smallest absolute Gasteiger partial charge is 0.282 e. The Bertz CT molecular complexity index is 318. The third-order valence-corrected chi connectivity index (χ3v) is 5.28. The quantitative estimate of drug-likeness (QED) is 0.607. The minimum Gasteiger partial charge on any atom is -0.383 e. The summed E-state index contributed by atoms with van der Waals surface area (Å²) in [6.07, 6.45) is 2.26. The molecule has 0 rings (SSSR count). The number of nitrogens with zero attached hydrogens (tertiary/aromatic N) is 2. The average molecular weight is 295 g/mol. The van der Waals surface area contributed by atoms with Crippen LogP contribution in [0.15, 0.2) is 0 Å². The third kappa shape index (κ3) is 5.74. The van der Waals surface area contributed by atoms with Crippen molar-refractivity contribution in [3.05, 3.63) is 0 Å². The molecule has 0 spiro atoms. The van der Waals surface area contributed by atoms with Crippen molar-refractivity contribution in [2.75, 3.05) is 40.4 Å². The van der Waals surface area contributed by atoms with Crippen molar-refractivity contribution in [3.8, 4) is 0 Å². The van der Waals surface area contributed by atoms with Crippen LogP contribution in [0, 0.1) is 0 Å². The van der Waals surface area contributed by atoms with Gasteiger partial charge in [-0.3, -0.25) is 0 Å². The number of methoxy groups -OCH3 is 1. The first-order valence-electron chi connectivity index (χ1n) is 6.87. The second kappa shape index (κ2) is 9.66. The summed E-state index contributed by atoms with van der Waals surface area (Å²) >= 11 is 0. The van der Waals surface area contributed by atoms with Crippen LogP contribution in [0.5, 0.6) is 0 Å². The van der Waals surface area contributed by atoms with Gasteiger partial charge in [0, 0.05) is 33.3 Å². The summed E-state index contributed by atoms with van der Waals surface area (Å²) in [5, 5.41) is 0. The molecule has 116 valence electrons. The van der Waals surface area contributed by atoms with Crippen molar-refractivity contribution in [1.82, 2.24) is 8.61 Å². The van der Waals surface area contributed by atoms with Crippen LogP contribution in [0.25, 0.3) is 0 Å². The van der Waals surface area contributed by atoms with E-state index in [0.717, 1.165) is 12.8 Å². The summed E-state index contributed by atoms with van der Waals surface area (Å²) in [5.41, 5.74) is 5.43. The fourth-order valence-corrected chi connectivity index (χ4v) is 3.67. The zero-order valence-electron chi connectivity index (χ0n) is 12.6. The van der Waals surface area contributed by atoms with Crippen LogP contribution in [-0.4, -0.2) is 63.5 Å². The number of ether oxygens (including phenoxy) is 1. The topological polar surface area (TPSA) is 75.9 Å². The van der Waals surface area contributed by atoms with Gasteiger partial charge in [0.15, 0.2) is 0 Å². The molecule has 0 aromatic heterocycles. The highest BCUT2D eigenvalue weighted by Gasteiger charge is 2.30. The normalized spacial score (nSPS) is 12.8. The van der Waals surface area contributed by atoms with Gasteiger partial charge in [0.2, 0.25) is 0 Å². The van der Waals surface area contributed by atoms with E-state index in [-0.39, 0.29) is 6.04 Å². The molecule has 0 aliphatic rings. The predicted octanol–water partition coefficient (Wildman–Crippen LogP) is 0.649. The molecule has 2 N–H and O–H groups in total. The molecule has 0 unspecified atom stereocenters. The molecule has 7 heteroatoms. The lowest BCUT2D eigenvalue weighted by Crippen LogP contribution is -2.48. The first kappa shape index (κ1) is 18.8. The van der Waals surface area contributed by atoms with Crippen molar-refractivity contribution >= 4 is 10.2 Å². The molecule has 0 heterocycles. The molecule has 0 saturated heterocycles. The zero-order chi connectivity index (χ0) is 14.9. The molecule has 0 saturated carbocycles. The Balaban J connectivity index is 4.98. The highest BCUT2D eigenvalue weighted by molar-refractivity contribution is 7.86. The monoisotopic (exact) mass is 295 g/mol. The van der Waals surface area contributed by atoms with Crippen LogP contribution >= 0.6 is 0 Å². The van der Waals surface area contributed by atoms with E-state index in [1.807, 2.05) is 13.8 Å². The fourth-order valence-electron chi connectivity index (χ4n) is 1.97. The van der Waals surface area contributed by atoms with Crippen molar-refractivity contribution < 1.29 is 13.2 Å². The molecule has 0 aliphatic heterocycles. The molecule has 0 aromatic rings. The van der Waals surface area contributed by atoms with Gasteiger partial charge in [0.05, 0.1) is 6.61 Å². The molecular formula is C12H29N3O3S. The minimum atomic E-state index is -3.44. The molecule has 0 amide bonds. The van der Waals surface area contributed by atoms with Crippen LogP contribution in [-0.2, 0) is 14.9 Å². The van der Waals surface area contributed by atoms with Crippen LogP contribution in [0.4, 0.5) is 0 Å². The van der Waals surface area contributed by atoms with Gasteiger partial charge in [0.1, 0.15) is 0 Å². The lowest BCUT2D eigenvalue weighted by Gasteiger charge is -2.32. The van der Waals surface area contributed by atoms with Gasteiger partial charge in [0.25, 0.3) is 10.2 Å². The van der Waals surface area contributed by atoms with Gasteiger partial charge in [-0.05, 0) is 25.8 Å². The Morgan fingerprint density at radius 2 is 1.79 bits per heavy atom. The van der Waals surface area contributed by atoms with Gasteiger partial charge in [-0.1, -0.05) is 13.8 Å². The molecule has 0 atom stereocenters. The Morgan fingerprint density at radius 1 is 1.21 bits per heavy atom. The van der Waals surface area contributed by atoms with E-state index in [0.29, 0.717) is 32.7 Å². The SMILES string of the molecule is CCC(CC)N(CCOC)S(=O)(=O)N(C)CCCN. The van der Waals surface area contributed by atoms with E-state index in [9.17, 15) is 8.42 Å². The molecule has 0 fully saturated rings. The number of hydrogen-bond donors (Lipinski definition) is 1. The maximum Gasteiger partial charge on any atom is 0.282 e. The third-order valence-electron chi connectivity index (χ3n) is 3.23. The van der Waals surface area contributed by atoms with E-state index in [1.165, 1.54) is 4.31 Å². The molecule has 0 radical (unpaired) electrons. The zero-order valence-corrected chi connectivity index (χ0v) is 13.4. The molecule has 0 bridgehead atoms. The molecule has 6 nitrogen and oxygen atoms in total.